The zero-order chi connectivity index (χ0) is 72.5. The Morgan fingerprint density at radius 1 is 0.370 bits per heavy atom. The standard InChI is InChI=1S/C81H135NO18/c1-3-5-7-9-11-13-15-17-19-21-22-23-24-25-26-27-28-29-30-31-32-33-34-35-36-37-38-39-40-41-42-43-45-47-49-51-53-55-57-59-69(87)82-64(65(86)58-56-54-52-50-48-46-44-20-18-16-14-12-10-8-6-4-2)63-95-79-75(93)72(90)77(67(61-84)97-79)100-81-76(94)73(91)78(68(62-85)98-81)99-80-74(92)71(89)70(88)66(60-83)96-80/h5,7,11,13,17-20,22-23,25-26,28-29,31-32,34-35,48,50,56,58,64-68,70-81,83-86,88-94H,3-4,6,8-10,12,14-16,21,24,27,30,33,36-47,49,51-55,57,59-63H2,1-2H3,(H,82,87)/b7-5-,13-11-,19-17-,20-18+,23-22-,26-25-,29-28-,32-31-,35-34-,50-48+,58-56+. The summed E-state index contributed by atoms with van der Waals surface area (Å²) < 4.78 is 34.3. The Morgan fingerprint density at radius 2 is 0.700 bits per heavy atom. The van der Waals surface area contributed by atoms with Crippen molar-refractivity contribution in [2.45, 2.75) is 343 Å². The molecule has 0 bridgehead atoms. The first kappa shape index (κ1) is 90.1. The molecule has 0 saturated carbocycles. The lowest BCUT2D eigenvalue weighted by Gasteiger charge is -2.48. The first-order valence-electron chi connectivity index (χ1n) is 38.4. The highest BCUT2D eigenvalue weighted by Gasteiger charge is 2.53. The van der Waals surface area contributed by atoms with Gasteiger partial charge in [0.25, 0.3) is 0 Å². The van der Waals surface area contributed by atoms with E-state index in [-0.39, 0.29) is 18.9 Å². The second kappa shape index (κ2) is 60.2. The van der Waals surface area contributed by atoms with E-state index in [4.69, 9.17) is 28.4 Å². The lowest BCUT2D eigenvalue weighted by Crippen LogP contribution is -2.66. The van der Waals surface area contributed by atoms with Crippen LogP contribution >= 0.6 is 0 Å². The summed E-state index contributed by atoms with van der Waals surface area (Å²) in [6, 6.07) is -1.00. The summed E-state index contributed by atoms with van der Waals surface area (Å²) in [6.45, 7) is 1.57. The summed E-state index contributed by atoms with van der Waals surface area (Å²) in [6.07, 6.45) is 58.7. The molecule has 3 fully saturated rings. The molecule has 12 N–H and O–H groups in total. The van der Waals surface area contributed by atoms with Crippen LogP contribution in [0.1, 0.15) is 239 Å². The first-order chi connectivity index (χ1) is 48.8. The fraction of sp³-hybridized carbons (Fsp3) is 0.716. The van der Waals surface area contributed by atoms with Crippen LogP contribution in [0.2, 0.25) is 0 Å². The molecule has 3 aliphatic heterocycles. The largest absolute Gasteiger partial charge is 0.394 e. The van der Waals surface area contributed by atoms with Gasteiger partial charge in [0, 0.05) is 6.42 Å². The number of rotatable bonds is 58. The van der Waals surface area contributed by atoms with Gasteiger partial charge < -0.3 is 89.9 Å². The van der Waals surface area contributed by atoms with Gasteiger partial charge in [-0.05, 0) is 109 Å². The van der Waals surface area contributed by atoms with Gasteiger partial charge in [0.2, 0.25) is 5.91 Å². The summed E-state index contributed by atoms with van der Waals surface area (Å²) in [5, 5.41) is 121. The van der Waals surface area contributed by atoms with Gasteiger partial charge in [-0.2, -0.15) is 0 Å². The summed E-state index contributed by atoms with van der Waals surface area (Å²) in [5.74, 6) is -0.295. The first-order valence-corrected chi connectivity index (χ1v) is 38.4. The zero-order valence-electron chi connectivity index (χ0n) is 60.9. The molecule has 19 heteroatoms. The Kier molecular flexibility index (Phi) is 54.3. The molecule has 3 aliphatic rings. The molecule has 17 unspecified atom stereocenters. The van der Waals surface area contributed by atoms with Crippen molar-refractivity contribution in [3.63, 3.8) is 0 Å². The van der Waals surface area contributed by atoms with E-state index in [1.807, 2.05) is 6.08 Å². The van der Waals surface area contributed by atoms with E-state index in [0.717, 1.165) is 109 Å². The van der Waals surface area contributed by atoms with Crippen LogP contribution in [-0.4, -0.2) is 193 Å². The van der Waals surface area contributed by atoms with Gasteiger partial charge in [-0.15, -0.1) is 0 Å². The molecular formula is C81H135NO18. The van der Waals surface area contributed by atoms with Crippen LogP contribution in [0.15, 0.2) is 134 Å². The van der Waals surface area contributed by atoms with Gasteiger partial charge in [-0.1, -0.05) is 257 Å². The van der Waals surface area contributed by atoms with Crippen molar-refractivity contribution in [1.29, 1.82) is 0 Å². The number of aliphatic hydroxyl groups excluding tert-OH is 11. The molecule has 1 amide bonds. The van der Waals surface area contributed by atoms with E-state index in [0.29, 0.717) is 12.8 Å². The summed E-state index contributed by atoms with van der Waals surface area (Å²) in [7, 11) is 0. The molecule has 0 radical (unpaired) electrons. The van der Waals surface area contributed by atoms with E-state index >= 15 is 0 Å². The number of ether oxygens (including phenoxy) is 6. The Labute approximate surface area is 600 Å². The minimum Gasteiger partial charge on any atom is -0.394 e. The second-order valence-corrected chi connectivity index (χ2v) is 26.7. The maximum atomic E-state index is 13.4. The third-order valence-corrected chi connectivity index (χ3v) is 18.2. The van der Waals surface area contributed by atoms with Gasteiger partial charge in [-0.25, -0.2) is 0 Å². The van der Waals surface area contributed by atoms with Crippen LogP contribution < -0.4 is 5.32 Å². The summed E-state index contributed by atoms with van der Waals surface area (Å²) in [4.78, 5) is 13.4. The fourth-order valence-electron chi connectivity index (χ4n) is 12.0. The van der Waals surface area contributed by atoms with Crippen molar-refractivity contribution in [3.05, 3.63) is 134 Å². The van der Waals surface area contributed by atoms with Crippen LogP contribution in [-0.2, 0) is 33.2 Å². The Balaban J connectivity index is 1.34. The predicted molar refractivity (Wildman–Crippen MR) is 396 cm³/mol. The van der Waals surface area contributed by atoms with E-state index in [9.17, 15) is 61.0 Å². The maximum Gasteiger partial charge on any atom is 0.220 e. The van der Waals surface area contributed by atoms with Crippen LogP contribution in [0, 0.1) is 0 Å². The number of nitrogens with one attached hydrogen (secondary N) is 1. The minimum absolute atomic E-state index is 0.224. The number of unbranched alkanes of at least 4 members (excludes halogenated alkanes) is 22. The Hall–Kier alpha value is -4.07. The van der Waals surface area contributed by atoms with Crippen LogP contribution in [0.3, 0.4) is 0 Å². The van der Waals surface area contributed by atoms with Crippen LogP contribution in [0.5, 0.6) is 0 Å². The quantitative estimate of drug-likeness (QED) is 0.0199. The van der Waals surface area contributed by atoms with Crippen molar-refractivity contribution in [3.8, 4) is 0 Å². The van der Waals surface area contributed by atoms with Crippen molar-refractivity contribution in [1.82, 2.24) is 5.32 Å². The van der Waals surface area contributed by atoms with Crippen LogP contribution in [0.25, 0.3) is 0 Å². The zero-order valence-corrected chi connectivity index (χ0v) is 60.9. The third-order valence-electron chi connectivity index (χ3n) is 18.2. The number of aliphatic hydroxyl groups is 11. The molecule has 19 nitrogen and oxygen atoms in total. The molecule has 572 valence electrons. The Bertz CT molecular complexity index is 2330. The number of hydrogen-bond acceptors (Lipinski definition) is 18. The average molecular weight is 1410 g/mol. The van der Waals surface area contributed by atoms with Gasteiger partial charge in [-0.3, -0.25) is 4.79 Å². The number of hydrogen-bond donors (Lipinski definition) is 12. The normalized spacial score (nSPS) is 27.2. The van der Waals surface area contributed by atoms with E-state index < -0.39 is 124 Å². The second-order valence-electron chi connectivity index (χ2n) is 26.7. The van der Waals surface area contributed by atoms with Crippen molar-refractivity contribution < 1.29 is 89.4 Å². The van der Waals surface area contributed by atoms with E-state index in [1.54, 1.807) is 6.08 Å². The third kappa shape index (κ3) is 40.3. The maximum absolute atomic E-state index is 13.4. The highest BCUT2D eigenvalue weighted by Crippen LogP contribution is 2.33. The molecule has 3 saturated heterocycles. The van der Waals surface area contributed by atoms with Crippen molar-refractivity contribution in [2.75, 3.05) is 26.4 Å². The molecule has 0 aliphatic carbocycles. The van der Waals surface area contributed by atoms with Gasteiger partial charge in [0.1, 0.15) is 73.2 Å². The molecular weight excluding hydrogens is 1270 g/mol. The summed E-state index contributed by atoms with van der Waals surface area (Å²) in [5.41, 5.74) is 0. The predicted octanol–water partition coefficient (Wildman–Crippen LogP) is 12.1. The molecule has 0 aromatic rings. The SMILES string of the molecule is CC/C=C\C/C=C\C/C=C\C/C=C\C/C=C\C/C=C\C/C=C\C/C=C\CCCCCCCCCCCCCCCCC(=O)NC(COC1OC(CO)C(OC2OC(CO)C(OC3OC(CO)C(O)C(O)C3O)C(O)C2O)C(O)C1O)C(O)/C=C/CC/C=C/CC/C=C/CCCCCCCC. The highest BCUT2D eigenvalue weighted by molar-refractivity contribution is 5.76. The molecule has 3 rings (SSSR count). The average Bonchev–Trinajstić information content (AvgIpc) is 0.784. The minimum atomic E-state index is -1.99. The topological polar surface area (TPSA) is 307 Å². The van der Waals surface area contributed by atoms with Crippen LogP contribution in [0.4, 0.5) is 0 Å². The van der Waals surface area contributed by atoms with E-state index in [1.165, 1.54) is 96.3 Å². The lowest BCUT2D eigenvalue weighted by atomic mass is 9.96. The highest BCUT2D eigenvalue weighted by atomic mass is 16.8. The Morgan fingerprint density at radius 3 is 1.12 bits per heavy atom. The smallest absolute Gasteiger partial charge is 0.220 e. The summed E-state index contributed by atoms with van der Waals surface area (Å²) >= 11 is 0. The molecule has 0 aromatic carbocycles. The molecule has 0 spiro atoms. The lowest BCUT2D eigenvalue weighted by molar-refractivity contribution is -0.379. The number of carbonyl (C=O) groups excluding carboxylic acids is 1. The fourth-order valence-corrected chi connectivity index (χ4v) is 12.0. The molecule has 17 atom stereocenters. The van der Waals surface area contributed by atoms with Crippen molar-refractivity contribution >= 4 is 5.91 Å². The number of allylic oxidation sites excluding steroid dienone is 21. The van der Waals surface area contributed by atoms with Crippen molar-refractivity contribution in [2.24, 2.45) is 0 Å². The van der Waals surface area contributed by atoms with Gasteiger partial charge >= 0.3 is 0 Å². The number of amides is 1. The van der Waals surface area contributed by atoms with Gasteiger partial charge in [0.15, 0.2) is 18.9 Å². The molecule has 0 aromatic heterocycles. The number of carbonyl (C=O) groups is 1. The molecule has 3 heterocycles. The van der Waals surface area contributed by atoms with Gasteiger partial charge in [0.05, 0.1) is 38.6 Å². The monoisotopic (exact) mass is 1410 g/mol. The molecule has 100 heavy (non-hydrogen) atoms. The van der Waals surface area contributed by atoms with E-state index in [2.05, 4.69) is 141 Å².